The summed E-state index contributed by atoms with van der Waals surface area (Å²) in [5.74, 6) is -4.33. The van der Waals surface area contributed by atoms with Gasteiger partial charge in [0.1, 0.15) is 24.6 Å². The molecule has 0 spiro atoms. The molecule has 61 heavy (non-hydrogen) atoms. The highest BCUT2D eigenvalue weighted by molar-refractivity contribution is 6.74. The molecule has 3 aliphatic carbocycles. The maximum Gasteiger partial charge on any atom is 0.265 e. The molecular formula is C48H61FN4O7Si. The molecule has 7 rings (SSSR count). The van der Waals surface area contributed by atoms with Gasteiger partial charge in [0.05, 0.1) is 23.2 Å². The molecule has 2 N–H and O–H groups in total. The number of hydrogen-bond acceptors (Lipinski definition) is 11. The second-order valence-electron chi connectivity index (χ2n) is 19.1. The van der Waals surface area contributed by atoms with E-state index in [2.05, 4.69) is 50.4 Å². The molecule has 11 nitrogen and oxygen atoms in total. The molecule has 0 amide bonds. The number of ether oxygens (including phenoxy) is 2. The van der Waals surface area contributed by atoms with E-state index in [0.29, 0.717) is 30.8 Å². The summed E-state index contributed by atoms with van der Waals surface area (Å²) in [6.45, 7) is 15.5. The van der Waals surface area contributed by atoms with Crippen molar-refractivity contribution in [3.63, 3.8) is 0 Å². The molecule has 0 bridgehead atoms. The van der Waals surface area contributed by atoms with Crippen molar-refractivity contribution < 1.29 is 37.2 Å². The van der Waals surface area contributed by atoms with Crippen LogP contribution in [0, 0.1) is 29.5 Å². The average Bonchev–Trinajstić information content (AvgIpc) is 3.63. The minimum Gasteiger partial charge on any atom is -0.486 e. The van der Waals surface area contributed by atoms with Gasteiger partial charge in [0.15, 0.2) is 37.0 Å². The number of anilines is 1. The fourth-order valence-corrected chi connectivity index (χ4v) is 10.6. The molecule has 0 saturated heterocycles. The van der Waals surface area contributed by atoms with Gasteiger partial charge in [0.2, 0.25) is 5.78 Å². The number of nitrogens with zero attached hydrogens (tertiary/aromatic N) is 2. The second kappa shape index (κ2) is 17.2. The van der Waals surface area contributed by atoms with Gasteiger partial charge in [-0.05, 0) is 93.2 Å². The number of carbonyl (C=O) groups is 3. The third kappa shape index (κ3) is 7.98. The Kier molecular flexibility index (Phi) is 12.5. The first-order chi connectivity index (χ1) is 28.9. The van der Waals surface area contributed by atoms with Gasteiger partial charge in [-0.1, -0.05) is 95.3 Å². The number of aromatic nitrogens is 1. The van der Waals surface area contributed by atoms with Crippen molar-refractivity contribution in [3.05, 3.63) is 106 Å². The molecule has 1 saturated carbocycles. The lowest BCUT2D eigenvalue weighted by molar-refractivity contribution is -0.151. The highest BCUT2D eigenvalue weighted by atomic mass is 28.4. The Morgan fingerprint density at radius 1 is 0.967 bits per heavy atom. The van der Waals surface area contributed by atoms with Crippen LogP contribution >= 0.6 is 0 Å². The largest absolute Gasteiger partial charge is 0.486 e. The average molecular weight is 853 g/mol. The molecule has 3 aromatic carbocycles. The van der Waals surface area contributed by atoms with Gasteiger partial charge < -0.3 is 29.1 Å². The number of benzene rings is 3. The molecule has 326 valence electrons. The van der Waals surface area contributed by atoms with Gasteiger partial charge in [0, 0.05) is 23.6 Å². The van der Waals surface area contributed by atoms with E-state index in [1.165, 1.54) is 0 Å². The molecule has 1 unspecified atom stereocenters. The molecular weight excluding hydrogens is 792 g/mol. The Balaban J connectivity index is 1.42. The molecule has 1 aromatic heterocycles. The smallest absolute Gasteiger partial charge is 0.265 e. The van der Waals surface area contributed by atoms with Crippen LogP contribution in [0.15, 0.2) is 65.2 Å². The number of Topliss-reactive ketones (excluding diaryl/α,β-unsaturated/α-hetero) is 3. The van der Waals surface area contributed by atoms with Crippen molar-refractivity contribution in [2.45, 2.75) is 96.9 Å². The van der Waals surface area contributed by atoms with Crippen LogP contribution in [0.4, 0.5) is 10.1 Å². The first-order valence-corrected chi connectivity index (χ1v) is 24.4. The van der Waals surface area contributed by atoms with Crippen molar-refractivity contribution in [1.29, 1.82) is 0 Å². The Morgan fingerprint density at radius 2 is 1.59 bits per heavy atom. The van der Waals surface area contributed by atoms with Crippen LogP contribution in [0.2, 0.25) is 18.1 Å². The number of nitrogens with one attached hydrogen (secondary N) is 2. The quantitative estimate of drug-likeness (QED) is 0.0881. The van der Waals surface area contributed by atoms with Crippen LogP contribution in [0.5, 0.6) is 11.6 Å². The molecule has 0 radical (unpaired) electrons. The van der Waals surface area contributed by atoms with E-state index in [-0.39, 0.29) is 66.1 Å². The fourth-order valence-electron chi connectivity index (χ4n) is 9.16. The molecule has 13 heteroatoms. The lowest BCUT2D eigenvalue weighted by atomic mass is 9.54. The van der Waals surface area contributed by atoms with Crippen LogP contribution < -0.4 is 20.1 Å². The van der Waals surface area contributed by atoms with Gasteiger partial charge in [0.25, 0.3) is 5.88 Å². The Labute approximate surface area is 360 Å². The van der Waals surface area contributed by atoms with E-state index in [4.69, 9.17) is 18.4 Å². The van der Waals surface area contributed by atoms with E-state index in [9.17, 15) is 0 Å². The van der Waals surface area contributed by atoms with Gasteiger partial charge in [-0.2, -0.15) is 0 Å². The maximum atomic E-state index is 17.4. The summed E-state index contributed by atoms with van der Waals surface area (Å²) in [4.78, 5) is 49.2. The van der Waals surface area contributed by atoms with Gasteiger partial charge in [-0.3, -0.25) is 19.3 Å². The third-order valence-electron chi connectivity index (χ3n) is 13.2. The lowest BCUT2D eigenvalue weighted by Crippen LogP contribution is -2.70. The highest BCUT2D eigenvalue weighted by Gasteiger charge is 2.70. The van der Waals surface area contributed by atoms with E-state index in [1.807, 2.05) is 99.8 Å². The lowest BCUT2D eigenvalue weighted by Gasteiger charge is -2.56. The van der Waals surface area contributed by atoms with E-state index in [1.54, 1.807) is 0 Å². The zero-order valence-corrected chi connectivity index (χ0v) is 38.2. The van der Waals surface area contributed by atoms with E-state index >= 15 is 18.8 Å². The summed E-state index contributed by atoms with van der Waals surface area (Å²) >= 11 is 0. The number of halogens is 1. The highest BCUT2D eigenvalue weighted by Crippen LogP contribution is 2.59. The molecule has 1 heterocycles. The summed E-state index contributed by atoms with van der Waals surface area (Å²) in [5.41, 5.74) is 0.797. The first-order valence-electron chi connectivity index (χ1n) is 21.5. The van der Waals surface area contributed by atoms with E-state index < -0.39 is 65.9 Å². The first kappa shape index (κ1) is 44.4. The second-order valence-corrected chi connectivity index (χ2v) is 23.8. The van der Waals surface area contributed by atoms with Crippen LogP contribution in [0.25, 0.3) is 0 Å². The van der Waals surface area contributed by atoms with Crippen molar-refractivity contribution in [2.75, 3.05) is 39.5 Å². The summed E-state index contributed by atoms with van der Waals surface area (Å²) < 4.78 is 43.5. The molecule has 0 aliphatic heterocycles. The van der Waals surface area contributed by atoms with E-state index in [0.717, 1.165) is 11.1 Å². The number of likely N-dealkylation sites (N-methyl/N-ethyl adjacent to an activating group) is 1. The third-order valence-corrected chi connectivity index (χ3v) is 17.7. The number of carbonyl (C=O) groups excluding carboxylic acids is 3. The van der Waals surface area contributed by atoms with Crippen molar-refractivity contribution in [3.8, 4) is 11.6 Å². The Morgan fingerprint density at radius 3 is 2.16 bits per heavy atom. The van der Waals surface area contributed by atoms with Gasteiger partial charge in [-0.15, -0.1) is 0 Å². The minimum atomic E-state index is -2.98. The number of rotatable bonds is 15. The molecule has 3 aliphatic rings. The topological polar surface area (TPSA) is 132 Å². The van der Waals surface area contributed by atoms with Gasteiger partial charge in [-0.25, -0.2) is 4.39 Å². The zero-order chi connectivity index (χ0) is 44.0. The molecule has 1 fully saturated rings. The number of ketones is 3. The predicted octanol–water partition coefficient (Wildman–Crippen LogP) is 8.62. The number of fused-ring (bicyclic) bond motifs is 4. The summed E-state index contributed by atoms with van der Waals surface area (Å²) in [7, 11) is 2.56. The van der Waals surface area contributed by atoms with Crippen molar-refractivity contribution in [1.82, 2.24) is 15.4 Å². The van der Waals surface area contributed by atoms with Crippen LogP contribution in [0.3, 0.4) is 0 Å². The SMILES string of the molecule is CNCCc1c(F)c2c(c(OCc3ccccc3)c1NCC(C)C)C(=O)C1C(=O)[C@]3(O[Si](C)(C)C(C)(C)C)C(=O)c4c(OCc5ccccc5)noc4[C@@H](N(C)C)[C@@H]3C[C@@H]1C2. The van der Waals surface area contributed by atoms with Gasteiger partial charge >= 0.3 is 0 Å². The predicted molar refractivity (Wildman–Crippen MR) is 235 cm³/mol. The Bertz CT molecular complexity index is 2270. The summed E-state index contributed by atoms with van der Waals surface area (Å²) in [6.07, 6.45) is 0.646. The number of hydrogen-bond donors (Lipinski definition) is 2. The van der Waals surface area contributed by atoms with Crippen LogP contribution in [0.1, 0.15) is 95.8 Å². The summed E-state index contributed by atoms with van der Waals surface area (Å²) in [6, 6.07) is 18.4. The molecule has 5 atom stereocenters. The fraction of sp³-hybridized carbons (Fsp3) is 0.500. The Hall–Kier alpha value is -4.69. The molecule has 4 aromatic rings. The normalized spacial score (nSPS) is 22.5. The summed E-state index contributed by atoms with van der Waals surface area (Å²) in [5, 5.41) is 10.5. The monoisotopic (exact) mass is 852 g/mol. The minimum absolute atomic E-state index is 0.0313. The zero-order valence-electron chi connectivity index (χ0n) is 37.2. The van der Waals surface area contributed by atoms with Crippen molar-refractivity contribution >= 4 is 31.4 Å². The van der Waals surface area contributed by atoms with Crippen molar-refractivity contribution in [2.24, 2.45) is 23.7 Å². The maximum absolute atomic E-state index is 17.4. The van der Waals surface area contributed by atoms with Crippen LogP contribution in [-0.2, 0) is 35.3 Å². The van der Waals surface area contributed by atoms with Crippen LogP contribution in [-0.4, -0.2) is 75.6 Å². The standard InChI is InChI=1S/C48H61FN4O7Si/c1-28(2)25-51-39-32(21-22-50-6)38(49)33-23-31-24-34-40(53(7)8)43-37(46(52-59-43)58-27-30-19-15-12-16-20-30)45(56)48(34,60-61(9,10)47(3,4)5)44(55)35(31)41(54)36(33)42(39)57-26-29-17-13-11-14-18-29/h11-20,28,31,34-35,40,50-51H,21-27H2,1-10H3/t31-,34-,35?,40-,48-/m0/s1.